The monoisotopic (exact) mass is 266 g/mol. The standard InChI is InChI=1S/C6H10O3.C6H4.C3H8O/c1(5-3-8-5)7-2-6-4-9-6;1-2-6-4-3-5(1)6;1-2-3-4/h5-6H,1-4H2;1-4H;4H,2-3H2,1H3. The lowest BCUT2D eigenvalue weighted by atomic mass is 9.95. The van der Waals surface area contributed by atoms with E-state index < -0.39 is 0 Å². The third-order valence-corrected chi connectivity index (χ3v) is 2.85. The first kappa shape index (κ1) is 14.5. The van der Waals surface area contributed by atoms with Gasteiger partial charge in [0.25, 0.3) is 0 Å². The van der Waals surface area contributed by atoms with Crippen LogP contribution in [0.25, 0.3) is 11.1 Å². The molecule has 2 atom stereocenters. The quantitative estimate of drug-likeness (QED) is 0.839. The molecule has 2 saturated heterocycles. The highest BCUT2D eigenvalue weighted by molar-refractivity contribution is 5.75. The number of aliphatic hydroxyl groups is 1. The Morgan fingerprint density at radius 1 is 1.05 bits per heavy atom. The summed E-state index contributed by atoms with van der Waals surface area (Å²) in [6.45, 7) is 5.51. The zero-order valence-electron chi connectivity index (χ0n) is 11.4. The van der Waals surface area contributed by atoms with Gasteiger partial charge in [-0.25, -0.2) is 0 Å². The van der Waals surface area contributed by atoms with Crippen LogP contribution in [0, 0.1) is 0 Å². The first-order chi connectivity index (χ1) is 9.33. The number of aliphatic hydroxyl groups excluding tert-OH is 1. The maximum absolute atomic E-state index is 7.88. The molecule has 0 amide bonds. The van der Waals surface area contributed by atoms with Gasteiger partial charge in [0.2, 0.25) is 0 Å². The van der Waals surface area contributed by atoms with Crippen molar-refractivity contribution in [1.82, 2.24) is 0 Å². The van der Waals surface area contributed by atoms with Gasteiger partial charge in [-0.2, -0.15) is 0 Å². The molecule has 2 aliphatic heterocycles. The van der Waals surface area contributed by atoms with Crippen LogP contribution in [0.15, 0.2) is 24.3 Å². The van der Waals surface area contributed by atoms with Gasteiger partial charge < -0.3 is 19.3 Å². The second kappa shape index (κ2) is 7.60. The van der Waals surface area contributed by atoms with E-state index in [4.69, 9.17) is 19.3 Å². The number of rotatable bonds is 5. The predicted octanol–water partition coefficient (Wildman–Crippen LogP) is 1.86. The van der Waals surface area contributed by atoms with E-state index in [-0.39, 0.29) is 0 Å². The zero-order chi connectivity index (χ0) is 13.5. The molecular weight excluding hydrogens is 244 g/mol. The second-order valence-electron chi connectivity index (χ2n) is 4.75. The Balaban J connectivity index is 0.000000116. The SMILES string of the molecule is C(OCC1CO1)C1CO1.CCCO.c1cc2ccc1-2. The van der Waals surface area contributed by atoms with Crippen molar-refractivity contribution >= 4 is 0 Å². The number of fused-ring (bicyclic) bond motifs is 1. The molecule has 19 heavy (non-hydrogen) atoms. The van der Waals surface area contributed by atoms with Gasteiger partial charge in [0.05, 0.1) is 26.4 Å². The molecule has 106 valence electrons. The lowest BCUT2D eigenvalue weighted by Crippen LogP contribution is -2.06. The molecule has 0 radical (unpaired) electrons. The van der Waals surface area contributed by atoms with Crippen LogP contribution in [0.3, 0.4) is 0 Å². The molecule has 0 aromatic rings. The fourth-order valence-electron chi connectivity index (χ4n) is 1.32. The maximum atomic E-state index is 7.88. The third kappa shape index (κ3) is 5.70. The maximum Gasteiger partial charge on any atom is 0.104 e. The van der Waals surface area contributed by atoms with Crippen LogP contribution in [0.4, 0.5) is 0 Å². The van der Waals surface area contributed by atoms with Crippen LogP contribution < -0.4 is 0 Å². The van der Waals surface area contributed by atoms with Gasteiger partial charge in [-0.3, -0.25) is 0 Å². The van der Waals surface area contributed by atoms with Gasteiger partial charge in [0, 0.05) is 6.61 Å². The lowest BCUT2D eigenvalue weighted by molar-refractivity contribution is 0.102. The van der Waals surface area contributed by atoms with Crippen LogP contribution in [-0.4, -0.2) is 50.3 Å². The highest BCUT2D eigenvalue weighted by Crippen LogP contribution is 2.29. The van der Waals surface area contributed by atoms with Crippen molar-refractivity contribution in [1.29, 1.82) is 0 Å². The molecule has 0 bridgehead atoms. The largest absolute Gasteiger partial charge is 0.396 e. The topological polar surface area (TPSA) is 54.5 Å². The molecular formula is C15H22O4. The molecule has 4 heteroatoms. The molecule has 1 N–H and O–H groups in total. The van der Waals surface area contributed by atoms with Crippen molar-refractivity contribution in [3.8, 4) is 11.1 Å². The van der Waals surface area contributed by atoms with E-state index in [1.54, 1.807) is 0 Å². The summed E-state index contributed by atoms with van der Waals surface area (Å²) < 4.78 is 15.1. The van der Waals surface area contributed by atoms with E-state index in [1.165, 1.54) is 11.1 Å². The first-order valence-corrected chi connectivity index (χ1v) is 6.85. The van der Waals surface area contributed by atoms with Crippen molar-refractivity contribution in [3.63, 3.8) is 0 Å². The van der Waals surface area contributed by atoms with E-state index in [2.05, 4.69) is 24.3 Å². The summed E-state index contributed by atoms with van der Waals surface area (Å²) in [6, 6.07) is 8.48. The summed E-state index contributed by atoms with van der Waals surface area (Å²) in [4.78, 5) is 0. The van der Waals surface area contributed by atoms with Crippen LogP contribution in [-0.2, 0) is 14.2 Å². The molecule has 2 fully saturated rings. The third-order valence-electron chi connectivity index (χ3n) is 2.85. The van der Waals surface area contributed by atoms with Gasteiger partial charge >= 0.3 is 0 Å². The number of hydrogen-bond donors (Lipinski definition) is 1. The van der Waals surface area contributed by atoms with Crippen molar-refractivity contribution in [2.24, 2.45) is 0 Å². The number of epoxide rings is 2. The lowest BCUT2D eigenvalue weighted by Gasteiger charge is -2.10. The van der Waals surface area contributed by atoms with Gasteiger partial charge in [0.1, 0.15) is 12.2 Å². The minimum atomic E-state index is 0.319. The van der Waals surface area contributed by atoms with E-state index in [9.17, 15) is 0 Å². The predicted molar refractivity (Wildman–Crippen MR) is 73.1 cm³/mol. The van der Waals surface area contributed by atoms with Gasteiger partial charge in [-0.1, -0.05) is 31.2 Å². The molecule has 2 aliphatic carbocycles. The summed E-state index contributed by atoms with van der Waals surface area (Å²) in [6.07, 6.45) is 1.66. The second-order valence-corrected chi connectivity index (χ2v) is 4.75. The Morgan fingerprint density at radius 2 is 1.42 bits per heavy atom. The van der Waals surface area contributed by atoms with Crippen molar-refractivity contribution in [2.75, 3.05) is 33.0 Å². The van der Waals surface area contributed by atoms with E-state index in [0.29, 0.717) is 18.8 Å². The molecule has 0 saturated carbocycles. The summed E-state index contributed by atoms with van der Waals surface area (Å²) in [5, 5.41) is 7.88. The average molecular weight is 266 g/mol. The van der Waals surface area contributed by atoms with Crippen LogP contribution in [0.1, 0.15) is 13.3 Å². The van der Waals surface area contributed by atoms with Crippen molar-refractivity contribution in [3.05, 3.63) is 24.3 Å². The number of ether oxygens (including phenoxy) is 3. The molecule has 2 heterocycles. The number of benzene rings is 1. The molecule has 0 spiro atoms. The van der Waals surface area contributed by atoms with Gasteiger partial charge in [0.15, 0.2) is 0 Å². The van der Waals surface area contributed by atoms with E-state index in [1.807, 2.05) is 6.92 Å². The normalized spacial score (nSPS) is 23.5. The highest BCUT2D eigenvalue weighted by atomic mass is 16.6. The molecule has 4 aliphatic rings. The fraction of sp³-hybridized carbons (Fsp3) is 0.600. The molecule has 0 aromatic heterocycles. The zero-order valence-corrected chi connectivity index (χ0v) is 11.4. The Labute approximate surface area is 114 Å². The Morgan fingerprint density at radius 3 is 1.58 bits per heavy atom. The number of hydrogen-bond acceptors (Lipinski definition) is 4. The van der Waals surface area contributed by atoms with Crippen molar-refractivity contribution in [2.45, 2.75) is 25.6 Å². The Bertz CT molecular complexity index is 320. The van der Waals surface area contributed by atoms with Crippen LogP contribution in [0.5, 0.6) is 0 Å². The first-order valence-electron chi connectivity index (χ1n) is 6.85. The summed E-state index contributed by atoms with van der Waals surface area (Å²) in [5.41, 5.74) is 2.85. The van der Waals surface area contributed by atoms with Gasteiger partial charge in [-0.15, -0.1) is 0 Å². The van der Waals surface area contributed by atoms with E-state index >= 15 is 0 Å². The molecule has 4 rings (SSSR count). The van der Waals surface area contributed by atoms with Crippen molar-refractivity contribution < 1.29 is 19.3 Å². The average Bonchev–Trinajstić information content (AvgIpc) is 3.29. The van der Waals surface area contributed by atoms with Crippen LogP contribution >= 0.6 is 0 Å². The van der Waals surface area contributed by atoms with E-state index in [0.717, 1.165) is 32.8 Å². The molecule has 0 aromatic carbocycles. The minimum absolute atomic E-state index is 0.319. The molecule has 2 unspecified atom stereocenters. The summed E-state index contributed by atoms with van der Waals surface area (Å²) in [7, 11) is 0. The van der Waals surface area contributed by atoms with Gasteiger partial charge in [-0.05, 0) is 17.5 Å². The molecule has 4 nitrogen and oxygen atoms in total. The summed E-state index contributed by atoms with van der Waals surface area (Å²) >= 11 is 0. The fourth-order valence-corrected chi connectivity index (χ4v) is 1.32. The Hall–Kier alpha value is -0.940. The highest BCUT2D eigenvalue weighted by Gasteiger charge is 2.26. The van der Waals surface area contributed by atoms with Crippen LogP contribution in [0.2, 0.25) is 0 Å². The minimum Gasteiger partial charge on any atom is -0.396 e. The smallest absolute Gasteiger partial charge is 0.104 e. The summed E-state index contributed by atoms with van der Waals surface area (Å²) in [5.74, 6) is 0. The Kier molecular flexibility index (Phi) is 5.79.